The molecule has 0 saturated carbocycles. The second-order valence-corrected chi connectivity index (χ2v) is 8.58. The van der Waals surface area contributed by atoms with Gasteiger partial charge < -0.3 is 14.8 Å². The van der Waals surface area contributed by atoms with Gasteiger partial charge in [0.15, 0.2) is 0 Å². The number of aliphatic hydroxyl groups is 1. The Kier molecular flexibility index (Phi) is 6.00. The molecular weight excluding hydrogens is 428 g/mol. The molecule has 6 nitrogen and oxygen atoms in total. The van der Waals surface area contributed by atoms with Crippen molar-refractivity contribution in [2.45, 2.75) is 47.6 Å². The number of aryl methyl sites for hydroxylation is 1. The van der Waals surface area contributed by atoms with Crippen molar-refractivity contribution in [1.82, 2.24) is 4.98 Å². The van der Waals surface area contributed by atoms with Crippen LogP contribution in [0.5, 0.6) is 0 Å². The first-order valence-electron chi connectivity index (χ1n) is 11.3. The fourth-order valence-electron chi connectivity index (χ4n) is 4.63. The van der Waals surface area contributed by atoms with Gasteiger partial charge in [0.1, 0.15) is 12.4 Å². The minimum atomic E-state index is -0.488. The van der Waals surface area contributed by atoms with Gasteiger partial charge in [-0.05, 0) is 62.0 Å². The standard InChI is InChI=1S/C28H28N2O4/c1-7-18-9-11-19(12-10-18)13-34-28(33)21-15(4)25(30-17(21)6)23-26(31)22(27(23)32)24-14(3)20(8-2)16(5)29-24/h7,9-12,30-31H,1,8,13H2,2-6H3/b24-22-. The summed E-state index contributed by atoms with van der Waals surface area (Å²) in [5.41, 5.74) is 7.60. The number of aromatic nitrogens is 1. The van der Waals surface area contributed by atoms with Crippen LogP contribution in [0.2, 0.25) is 0 Å². The number of H-pyrrole nitrogens is 1. The Morgan fingerprint density at radius 3 is 2.38 bits per heavy atom. The molecule has 0 fully saturated rings. The van der Waals surface area contributed by atoms with Gasteiger partial charge in [0, 0.05) is 11.4 Å². The predicted octanol–water partition coefficient (Wildman–Crippen LogP) is 5.94. The molecule has 0 atom stereocenters. The van der Waals surface area contributed by atoms with E-state index in [4.69, 9.17) is 4.74 Å². The summed E-state index contributed by atoms with van der Waals surface area (Å²) >= 11 is 0. The van der Waals surface area contributed by atoms with E-state index in [1.54, 1.807) is 19.9 Å². The van der Waals surface area contributed by atoms with E-state index >= 15 is 0 Å². The number of aromatic amines is 1. The van der Waals surface area contributed by atoms with Gasteiger partial charge in [-0.15, -0.1) is 0 Å². The zero-order valence-electron chi connectivity index (χ0n) is 20.1. The maximum Gasteiger partial charge on any atom is 0.340 e. The lowest BCUT2D eigenvalue weighted by atomic mass is 9.82. The van der Waals surface area contributed by atoms with Crippen LogP contribution < -0.4 is 0 Å². The average Bonchev–Trinajstić information content (AvgIpc) is 3.26. The summed E-state index contributed by atoms with van der Waals surface area (Å²) in [6.07, 6.45) is 2.56. The molecule has 0 bridgehead atoms. The largest absolute Gasteiger partial charge is 0.506 e. The second kappa shape index (κ2) is 8.78. The van der Waals surface area contributed by atoms with Crippen molar-refractivity contribution in [3.63, 3.8) is 0 Å². The lowest BCUT2D eigenvalue weighted by Crippen LogP contribution is -2.23. The summed E-state index contributed by atoms with van der Waals surface area (Å²) in [7, 11) is 0. The van der Waals surface area contributed by atoms with E-state index in [9.17, 15) is 14.7 Å². The van der Waals surface area contributed by atoms with Crippen LogP contribution in [-0.4, -0.2) is 27.6 Å². The number of hydrogen-bond donors (Lipinski definition) is 2. The summed E-state index contributed by atoms with van der Waals surface area (Å²) in [6.45, 7) is 13.2. The molecule has 4 rings (SSSR count). The van der Waals surface area contributed by atoms with E-state index in [1.165, 1.54) is 0 Å². The number of ketones is 1. The Morgan fingerprint density at radius 1 is 1.15 bits per heavy atom. The highest BCUT2D eigenvalue weighted by Gasteiger charge is 2.41. The molecule has 0 amide bonds. The number of Topliss-reactive ketones (excluding diaryl/α,β-unsaturated/α-hetero) is 1. The Labute approximate surface area is 199 Å². The smallest absolute Gasteiger partial charge is 0.340 e. The molecule has 0 spiro atoms. The molecule has 2 aromatic rings. The maximum atomic E-state index is 13.1. The summed E-state index contributed by atoms with van der Waals surface area (Å²) in [5.74, 6) is -0.870. The number of carbonyl (C=O) groups excluding carboxylic acids is 2. The van der Waals surface area contributed by atoms with Crippen molar-refractivity contribution in [3.05, 3.63) is 92.7 Å². The van der Waals surface area contributed by atoms with Crippen molar-refractivity contribution in [3.8, 4) is 0 Å². The van der Waals surface area contributed by atoms with Crippen molar-refractivity contribution in [2.24, 2.45) is 4.99 Å². The first kappa shape index (κ1) is 23.2. The number of carbonyl (C=O) groups is 2. The quantitative estimate of drug-likeness (QED) is 0.416. The number of allylic oxidation sites excluding steroid dienone is 4. The number of nitrogens with zero attached hydrogens (tertiary/aromatic N) is 1. The third-order valence-electron chi connectivity index (χ3n) is 6.52. The van der Waals surface area contributed by atoms with Crippen LogP contribution >= 0.6 is 0 Å². The molecule has 2 aliphatic rings. The summed E-state index contributed by atoms with van der Waals surface area (Å²) in [4.78, 5) is 33.6. The Balaban J connectivity index is 1.62. The predicted molar refractivity (Wildman–Crippen MR) is 134 cm³/mol. The van der Waals surface area contributed by atoms with Crippen LogP contribution in [0.3, 0.4) is 0 Å². The molecule has 1 aliphatic heterocycles. The Hall–Kier alpha value is -3.93. The monoisotopic (exact) mass is 456 g/mol. The fraction of sp³-hybridized carbons (Fsp3) is 0.250. The molecule has 1 aromatic carbocycles. The van der Waals surface area contributed by atoms with Crippen LogP contribution in [0.15, 0.2) is 64.0 Å². The minimum absolute atomic E-state index is 0.0974. The van der Waals surface area contributed by atoms with Crippen LogP contribution in [0, 0.1) is 13.8 Å². The molecule has 0 unspecified atom stereocenters. The highest BCUT2D eigenvalue weighted by Crippen LogP contribution is 2.43. The number of aliphatic hydroxyl groups excluding tert-OH is 1. The van der Waals surface area contributed by atoms with E-state index in [0.29, 0.717) is 28.2 Å². The lowest BCUT2D eigenvalue weighted by molar-refractivity contribution is -0.111. The normalized spacial score (nSPS) is 17.8. The summed E-state index contributed by atoms with van der Waals surface area (Å²) < 4.78 is 5.52. The molecule has 0 radical (unpaired) electrons. The molecular formula is C28H28N2O4. The van der Waals surface area contributed by atoms with Crippen molar-refractivity contribution in [2.75, 3.05) is 0 Å². The third-order valence-corrected chi connectivity index (χ3v) is 6.52. The van der Waals surface area contributed by atoms with Crippen LogP contribution in [0.25, 0.3) is 11.6 Å². The number of aliphatic imine (C=N–C) groups is 1. The van der Waals surface area contributed by atoms with Crippen molar-refractivity contribution < 1.29 is 19.4 Å². The van der Waals surface area contributed by atoms with Gasteiger partial charge in [-0.25, -0.2) is 4.79 Å². The highest BCUT2D eigenvalue weighted by molar-refractivity contribution is 6.39. The molecule has 1 aliphatic carbocycles. The van der Waals surface area contributed by atoms with E-state index in [-0.39, 0.29) is 29.3 Å². The van der Waals surface area contributed by atoms with Crippen LogP contribution in [0.4, 0.5) is 0 Å². The molecule has 34 heavy (non-hydrogen) atoms. The van der Waals surface area contributed by atoms with Gasteiger partial charge in [-0.1, -0.05) is 43.8 Å². The lowest BCUT2D eigenvalue weighted by Gasteiger charge is -2.22. The molecule has 2 N–H and O–H groups in total. The summed E-state index contributed by atoms with van der Waals surface area (Å²) in [6, 6.07) is 7.57. The molecule has 2 heterocycles. The number of hydrogen-bond acceptors (Lipinski definition) is 5. The second-order valence-electron chi connectivity index (χ2n) is 8.58. The van der Waals surface area contributed by atoms with Gasteiger partial charge in [-0.2, -0.15) is 0 Å². The van der Waals surface area contributed by atoms with Crippen molar-refractivity contribution in [1.29, 1.82) is 0 Å². The summed E-state index contributed by atoms with van der Waals surface area (Å²) in [5, 5.41) is 10.8. The topological polar surface area (TPSA) is 91.8 Å². The van der Waals surface area contributed by atoms with Crippen molar-refractivity contribution >= 4 is 29.1 Å². The first-order valence-corrected chi connectivity index (χ1v) is 11.3. The molecule has 1 aromatic heterocycles. The number of nitrogens with one attached hydrogen (secondary N) is 1. The minimum Gasteiger partial charge on any atom is -0.506 e. The maximum absolute atomic E-state index is 13.1. The zero-order valence-corrected chi connectivity index (χ0v) is 20.1. The SMILES string of the molecule is C=Cc1ccc(COC(=O)c2c(C)[nH]c(C3=C(O)/C(=C4/N=C(C)C(CC)=C4C)C3=O)c2C)cc1. The Morgan fingerprint density at radius 2 is 1.82 bits per heavy atom. The number of ether oxygens (including phenoxy) is 1. The molecule has 0 saturated heterocycles. The third kappa shape index (κ3) is 3.65. The van der Waals surface area contributed by atoms with Gasteiger partial charge in [0.25, 0.3) is 0 Å². The number of esters is 1. The molecule has 6 heteroatoms. The van der Waals surface area contributed by atoms with Gasteiger partial charge in [0.05, 0.1) is 28.1 Å². The highest BCUT2D eigenvalue weighted by atomic mass is 16.5. The first-order chi connectivity index (χ1) is 16.2. The van der Waals surface area contributed by atoms with E-state index < -0.39 is 5.97 Å². The van der Waals surface area contributed by atoms with E-state index in [2.05, 4.69) is 16.6 Å². The van der Waals surface area contributed by atoms with Crippen LogP contribution in [-0.2, 0) is 16.1 Å². The number of benzene rings is 1. The van der Waals surface area contributed by atoms with Gasteiger partial charge in [-0.3, -0.25) is 9.79 Å². The van der Waals surface area contributed by atoms with Gasteiger partial charge in [0.2, 0.25) is 5.78 Å². The average molecular weight is 457 g/mol. The van der Waals surface area contributed by atoms with E-state index in [1.807, 2.05) is 45.0 Å². The van der Waals surface area contributed by atoms with Crippen LogP contribution in [0.1, 0.15) is 65.6 Å². The van der Waals surface area contributed by atoms with Gasteiger partial charge >= 0.3 is 5.97 Å². The zero-order chi connectivity index (χ0) is 24.7. The van der Waals surface area contributed by atoms with E-state index in [0.717, 1.165) is 34.4 Å². The Bertz CT molecular complexity index is 1360. The fourth-order valence-corrected chi connectivity index (χ4v) is 4.63. The molecule has 174 valence electrons. The number of rotatable bonds is 6.